The molecule has 2 aromatic carbocycles. The molecule has 1 fully saturated rings. The Labute approximate surface area is 192 Å². The molecule has 1 aromatic heterocycles. The number of aromatic nitrogens is 2. The number of carbonyl (C=O) groups excluding carboxylic acids is 1. The quantitative estimate of drug-likeness (QED) is 0.522. The van der Waals surface area contributed by atoms with Gasteiger partial charge in [0, 0.05) is 17.8 Å². The third-order valence-electron chi connectivity index (χ3n) is 6.45. The number of benzene rings is 2. The average Bonchev–Trinajstić information content (AvgIpc) is 3.67. The highest BCUT2D eigenvalue weighted by molar-refractivity contribution is 5.75. The number of anilines is 3. The molecule has 33 heavy (non-hydrogen) atoms. The molecular weight excluding hydrogens is 419 g/mol. The van der Waals surface area contributed by atoms with Crippen LogP contribution in [0.4, 0.5) is 21.8 Å². The maximum atomic E-state index is 13.3. The number of halogens is 1. The molecule has 2 heterocycles. The monoisotopic (exact) mass is 446 g/mol. The van der Waals surface area contributed by atoms with Gasteiger partial charge in [0.2, 0.25) is 5.95 Å². The summed E-state index contributed by atoms with van der Waals surface area (Å²) in [5, 5.41) is 3.18. The Morgan fingerprint density at radius 3 is 2.67 bits per heavy atom. The van der Waals surface area contributed by atoms with Crippen molar-refractivity contribution in [3.05, 3.63) is 76.7 Å². The molecule has 1 N–H and O–H groups in total. The second-order valence-corrected chi connectivity index (χ2v) is 8.77. The smallest absolute Gasteiger partial charge is 0.309 e. The van der Waals surface area contributed by atoms with Gasteiger partial charge in [-0.25, -0.2) is 9.37 Å². The van der Waals surface area contributed by atoms with Crippen molar-refractivity contribution in [3.8, 4) is 0 Å². The van der Waals surface area contributed by atoms with Gasteiger partial charge in [0.1, 0.15) is 18.2 Å². The fourth-order valence-electron chi connectivity index (χ4n) is 4.33. The highest BCUT2D eigenvalue weighted by Crippen LogP contribution is 2.36. The zero-order valence-corrected chi connectivity index (χ0v) is 18.8. The molecule has 6 nitrogen and oxygen atoms in total. The molecule has 0 amide bonds. The molecule has 5 rings (SSSR count). The van der Waals surface area contributed by atoms with E-state index in [9.17, 15) is 9.18 Å². The van der Waals surface area contributed by atoms with Crippen LogP contribution in [0, 0.1) is 18.7 Å². The van der Waals surface area contributed by atoms with E-state index < -0.39 is 0 Å². The lowest BCUT2D eigenvalue weighted by Gasteiger charge is -2.37. The zero-order valence-electron chi connectivity index (χ0n) is 18.8. The SMILES string of the molecule is Cc1c(COC(=O)C2CC2)nc(Nc2ccc(F)cc2)nc1N1CCc2ccccc2C1C. The fraction of sp³-hybridized carbons (Fsp3) is 0.346. The molecule has 1 aliphatic carbocycles. The highest BCUT2D eigenvalue weighted by Gasteiger charge is 2.32. The van der Waals surface area contributed by atoms with Gasteiger partial charge < -0.3 is 15.0 Å². The molecule has 3 aromatic rings. The first-order chi connectivity index (χ1) is 16.0. The molecule has 0 bridgehead atoms. The van der Waals surface area contributed by atoms with Crippen molar-refractivity contribution >= 4 is 23.4 Å². The Bertz CT molecular complexity index is 1180. The van der Waals surface area contributed by atoms with Crippen LogP contribution in [-0.4, -0.2) is 22.5 Å². The molecule has 1 saturated carbocycles. The van der Waals surface area contributed by atoms with Gasteiger partial charge in [-0.3, -0.25) is 4.79 Å². The van der Waals surface area contributed by atoms with Gasteiger partial charge in [0.15, 0.2) is 0 Å². The Morgan fingerprint density at radius 1 is 1.15 bits per heavy atom. The molecule has 0 spiro atoms. The van der Waals surface area contributed by atoms with Crippen LogP contribution in [0.1, 0.15) is 48.2 Å². The van der Waals surface area contributed by atoms with E-state index in [0.29, 0.717) is 17.3 Å². The van der Waals surface area contributed by atoms with Gasteiger partial charge in [-0.1, -0.05) is 24.3 Å². The van der Waals surface area contributed by atoms with E-state index in [1.165, 1.54) is 23.3 Å². The standard InChI is InChI=1S/C26H27FN4O2/c1-16-23(15-33-25(32)19-7-8-19)29-26(28-21-11-9-20(27)10-12-21)30-24(16)31-14-13-18-5-3-4-6-22(18)17(31)2/h3-6,9-12,17,19H,7-8,13-15H2,1-2H3,(H,28,29,30). The van der Waals surface area contributed by atoms with Crippen molar-refractivity contribution in [2.75, 3.05) is 16.8 Å². The topological polar surface area (TPSA) is 67.3 Å². The number of rotatable bonds is 6. The van der Waals surface area contributed by atoms with Crippen molar-refractivity contribution in [2.24, 2.45) is 5.92 Å². The number of hydrogen-bond donors (Lipinski definition) is 1. The molecule has 1 aliphatic heterocycles. The minimum absolute atomic E-state index is 0.0297. The summed E-state index contributed by atoms with van der Waals surface area (Å²) in [6.07, 6.45) is 2.72. The first kappa shape index (κ1) is 21.4. The Hall–Kier alpha value is -3.48. The summed E-state index contributed by atoms with van der Waals surface area (Å²) in [7, 11) is 0. The van der Waals surface area contributed by atoms with E-state index in [4.69, 9.17) is 9.72 Å². The van der Waals surface area contributed by atoms with E-state index in [-0.39, 0.29) is 30.4 Å². The van der Waals surface area contributed by atoms with Crippen LogP contribution >= 0.6 is 0 Å². The van der Waals surface area contributed by atoms with Gasteiger partial charge >= 0.3 is 5.97 Å². The summed E-state index contributed by atoms with van der Waals surface area (Å²) in [6, 6.07) is 14.7. The van der Waals surface area contributed by atoms with Crippen molar-refractivity contribution in [1.29, 1.82) is 0 Å². The van der Waals surface area contributed by atoms with Crippen LogP contribution in [0.5, 0.6) is 0 Å². The first-order valence-electron chi connectivity index (χ1n) is 11.4. The van der Waals surface area contributed by atoms with Gasteiger partial charge in [0.05, 0.1) is 17.7 Å². The third kappa shape index (κ3) is 4.53. The van der Waals surface area contributed by atoms with Gasteiger partial charge in [-0.2, -0.15) is 4.98 Å². The van der Waals surface area contributed by atoms with Crippen molar-refractivity contribution < 1.29 is 13.9 Å². The number of fused-ring (bicyclic) bond motifs is 1. The van der Waals surface area contributed by atoms with Gasteiger partial charge in [-0.15, -0.1) is 0 Å². The fourth-order valence-corrected chi connectivity index (χ4v) is 4.33. The molecule has 2 aliphatic rings. The number of ether oxygens (including phenoxy) is 1. The van der Waals surface area contributed by atoms with Crippen molar-refractivity contribution in [1.82, 2.24) is 9.97 Å². The number of carbonyl (C=O) groups is 1. The summed E-state index contributed by atoms with van der Waals surface area (Å²) in [5.41, 5.74) is 4.90. The molecular formula is C26H27FN4O2. The summed E-state index contributed by atoms with van der Waals surface area (Å²) in [4.78, 5) is 23.9. The first-order valence-corrected chi connectivity index (χ1v) is 11.4. The van der Waals surface area contributed by atoms with Crippen LogP contribution in [0.3, 0.4) is 0 Å². The van der Waals surface area contributed by atoms with E-state index in [2.05, 4.69) is 46.4 Å². The number of hydrogen-bond acceptors (Lipinski definition) is 6. The van der Waals surface area contributed by atoms with Gasteiger partial charge in [0.25, 0.3) is 0 Å². The van der Waals surface area contributed by atoms with E-state index in [1.807, 2.05) is 6.92 Å². The Balaban J connectivity index is 1.49. The molecule has 7 heteroatoms. The lowest BCUT2D eigenvalue weighted by Crippen LogP contribution is -2.35. The minimum atomic E-state index is -0.306. The second-order valence-electron chi connectivity index (χ2n) is 8.77. The summed E-state index contributed by atoms with van der Waals surface area (Å²) in [5.74, 6) is 0.768. The minimum Gasteiger partial charge on any atom is -0.459 e. The van der Waals surface area contributed by atoms with Crippen LogP contribution in [0.2, 0.25) is 0 Å². The predicted octanol–water partition coefficient (Wildman–Crippen LogP) is 5.24. The number of nitrogens with zero attached hydrogens (tertiary/aromatic N) is 3. The molecule has 0 radical (unpaired) electrons. The zero-order chi connectivity index (χ0) is 22.9. The van der Waals surface area contributed by atoms with Gasteiger partial charge in [-0.05, 0) is 68.5 Å². The lowest BCUT2D eigenvalue weighted by molar-refractivity contribution is -0.146. The Morgan fingerprint density at radius 2 is 1.91 bits per heavy atom. The largest absolute Gasteiger partial charge is 0.459 e. The van der Waals surface area contributed by atoms with Crippen LogP contribution in [0.25, 0.3) is 0 Å². The maximum Gasteiger partial charge on any atom is 0.309 e. The summed E-state index contributed by atoms with van der Waals surface area (Å²) >= 11 is 0. The molecule has 1 unspecified atom stereocenters. The normalized spacial score (nSPS) is 17.4. The van der Waals surface area contributed by atoms with Crippen molar-refractivity contribution in [2.45, 2.75) is 45.8 Å². The van der Waals surface area contributed by atoms with Crippen LogP contribution in [0.15, 0.2) is 48.5 Å². The maximum absolute atomic E-state index is 13.3. The molecule has 0 saturated heterocycles. The molecule has 1 atom stereocenters. The predicted molar refractivity (Wildman–Crippen MR) is 125 cm³/mol. The van der Waals surface area contributed by atoms with E-state index in [0.717, 1.165) is 37.2 Å². The summed E-state index contributed by atoms with van der Waals surface area (Å²) in [6.45, 7) is 5.09. The van der Waals surface area contributed by atoms with Crippen molar-refractivity contribution in [3.63, 3.8) is 0 Å². The number of nitrogens with one attached hydrogen (secondary N) is 1. The van der Waals surface area contributed by atoms with Crippen LogP contribution < -0.4 is 10.2 Å². The second kappa shape index (κ2) is 8.81. The van der Waals surface area contributed by atoms with E-state index in [1.54, 1.807) is 12.1 Å². The van der Waals surface area contributed by atoms with E-state index >= 15 is 0 Å². The number of esters is 1. The lowest BCUT2D eigenvalue weighted by atomic mass is 9.93. The third-order valence-corrected chi connectivity index (χ3v) is 6.45. The highest BCUT2D eigenvalue weighted by atomic mass is 19.1. The average molecular weight is 447 g/mol. The summed E-state index contributed by atoms with van der Waals surface area (Å²) < 4.78 is 18.9. The molecule has 170 valence electrons. The van der Waals surface area contributed by atoms with Crippen LogP contribution in [-0.2, 0) is 22.6 Å². The Kier molecular flexibility index (Phi) is 5.70.